The average Bonchev–Trinajstić information content (AvgIpc) is 2.55. The highest BCUT2D eigenvalue weighted by Crippen LogP contribution is 2.19. The van der Waals surface area contributed by atoms with Gasteiger partial charge < -0.3 is 20.0 Å². The van der Waals surface area contributed by atoms with Crippen molar-refractivity contribution in [3.05, 3.63) is 30.1 Å². The van der Waals surface area contributed by atoms with E-state index < -0.39 is 0 Å². The summed E-state index contributed by atoms with van der Waals surface area (Å²) >= 11 is 0. The predicted octanol–water partition coefficient (Wildman–Crippen LogP) is -1.43. The van der Waals surface area contributed by atoms with Gasteiger partial charge in [0.25, 0.3) is 5.91 Å². The lowest BCUT2D eigenvalue weighted by molar-refractivity contribution is -0.860. The third kappa shape index (κ3) is 5.48. The Morgan fingerprint density at radius 3 is 2.57 bits per heavy atom. The van der Waals surface area contributed by atoms with Crippen LogP contribution in [0.1, 0.15) is 6.42 Å². The van der Waals surface area contributed by atoms with Gasteiger partial charge in [0.15, 0.2) is 6.54 Å². The Hall–Kier alpha value is -1.66. The third-order valence-electron chi connectivity index (χ3n) is 4.23. The van der Waals surface area contributed by atoms with Crippen molar-refractivity contribution < 1.29 is 19.4 Å². The number of halogens is 1. The number of para-hydroxylation sites is 1. The lowest BCUT2D eigenvalue weighted by Gasteiger charge is -2.35. The summed E-state index contributed by atoms with van der Waals surface area (Å²) in [7, 11) is 4.28. The highest BCUT2D eigenvalue weighted by atomic mass is 19.1. The van der Waals surface area contributed by atoms with E-state index in [1.807, 2.05) is 15.9 Å². The molecule has 0 atom stereocenters. The zero-order valence-corrected chi connectivity index (χ0v) is 14.2. The first-order valence-electron chi connectivity index (χ1n) is 8.46. The van der Waals surface area contributed by atoms with E-state index in [0.717, 1.165) is 19.5 Å². The van der Waals surface area contributed by atoms with E-state index in [1.165, 1.54) is 11.0 Å². The Labute approximate surface area is 138 Å². The third-order valence-corrected chi connectivity index (χ3v) is 4.23. The summed E-state index contributed by atoms with van der Waals surface area (Å²) < 4.78 is 13.8. The molecule has 128 valence electrons. The number of carbonyl (C=O) groups is 1. The highest BCUT2D eigenvalue weighted by molar-refractivity contribution is 5.77. The standard InChI is InChI=1S/C17H27FN4O/c1-20(2)9-5-8-19-14-17(23)22-12-10-21(11-13-22)16-7-4-3-6-15(16)18/h3-4,6-7,19H,5,8-14H2,1-2H3/p+2. The number of hydrogen-bond donors (Lipinski definition) is 2. The number of rotatable bonds is 7. The minimum absolute atomic E-state index is 0.190. The van der Waals surface area contributed by atoms with Crippen molar-refractivity contribution in [1.82, 2.24) is 4.90 Å². The van der Waals surface area contributed by atoms with Gasteiger partial charge in [-0.2, -0.15) is 0 Å². The first-order valence-corrected chi connectivity index (χ1v) is 8.46. The molecule has 0 aliphatic carbocycles. The molecule has 6 heteroatoms. The molecule has 2 rings (SSSR count). The molecule has 5 nitrogen and oxygen atoms in total. The van der Waals surface area contributed by atoms with Gasteiger partial charge in [-0.3, -0.25) is 4.79 Å². The zero-order chi connectivity index (χ0) is 16.7. The number of nitrogens with two attached hydrogens (primary N) is 1. The van der Waals surface area contributed by atoms with Crippen LogP contribution < -0.4 is 15.1 Å². The topological polar surface area (TPSA) is 44.6 Å². The van der Waals surface area contributed by atoms with Crippen molar-refractivity contribution >= 4 is 11.6 Å². The van der Waals surface area contributed by atoms with Crippen LogP contribution in [0.2, 0.25) is 0 Å². The van der Waals surface area contributed by atoms with Gasteiger partial charge in [-0.05, 0) is 12.1 Å². The quantitative estimate of drug-likeness (QED) is 0.604. The molecule has 1 heterocycles. The van der Waals surface area contributed by atoms with Crippen LogP contribution in [0.5, 0.6) is 0 Å². The van der Waals surface area contributed by atoms with Crippen LogP contribution in [0.3, 0.4) is 0 Å². The van der Waals surface area contributed by atoms with Crippen LogP contribution in [-0.2, 0) is 4.79 Å². The summed E-state index contributed by atoms with van der Waals surface area (Å²) in [6, 6.07) is 6.83. The minimum Gasteiger partial charge on any atom is -0.366 e. The molecule has 23 heavy (non-hydrogen) atoms. The number of piperazine rings is 1. The fraction of sp³-hybridized carbons (Fsp3) is 0.588. The SMILES string of the molecule is C[NH+](C)CCC[NH2+]CC(=O)N1CCN(c2ccccc2F)CC1. The van der Waals surface area contributed by atoms with Crippen LogP contribution >= 0.6 is 0 Å². The molecule has 3 N–H and O–H groups in total. The van der Waals surface area contributed by atoms with Crippen molar-refractivity contribution in [3.8, 4) is 0 Å². The van der Waals surface area contributed by atoms with E-state index in [4.69, 9.17) is 0 Å². The average molecular weight is 324 g/mol. The Morgan fingerprint density at radius 1 is 1.22 bits per heavy atom. The normalized spacial score (nSPS) is 15.3. The van der Waals surface area contributed by atoms with Crippen molar-refractivity contribution in [2.75, 3.05) is 64.8 Å². The van der Waals surface area contributed by atoms with Crippen molar-refractivity contribution in [1.29, 1.82) is 0 Å². The maximum Gasteiger partial charge on any atom is 0.277 e. The van der Waals surface area contributed by atoms with Gasteiger partial charge in [-0.1, -0.05) is 12.1 Å². The van der Waals surface area contributed by atoms with Gasteiger partial charge in [-0.15, -0.1) is 0 Å². The number of nitrogens with one attached hydrogen (secondary N) is 1. The first-order chi connectivity index (χ1) is 11.1. The number of quaternary nitrogens is 2. The summed E-state index contributed by atoms with van der Waals surface area (Å²) in [5.41, 5.74) is 0.636. The molecule has 1 saturated heterocycles. The highest BCUT2D eigenvalue weighted by Gasteiger charge is 2.23. The molecule has 1 aliphatic heterocycles. The van der Waals surface area contributed by atoms with E-state index in [-0.39, 0.29) is 11.7 Å². The molecule has 1 amide bonds. The molecule has 0 radical (unpaired) electrons. The summed E-state index contributed by atoms with van der Waals surface area (Å²) in [5.74, 6) is -0.000911. The molecule has 1 aromatic rings. The maximum atomic E-state index is 13.8. The summed E-state index contributed by atoms with van der Waals surface area (Å²) in [6.45, 7) is 5.36. The number of nitrogens with zero attached hydrogens (tertiary/aromatic N) is 2. The van der Waals surface area contributed by atoms with Gasteiger partial charge in [0, 0.05) is 32.6 Å². The largest absolute Gasteiger partial charge is 0.366 e. The molecule has 0 bridgehead atoms. The maximum absolute atomic E-state index is 13.8. The van der Waals surface area contributed by atoms with Crippen LogP contribution in [0.4, 0.5) is 10.1 Å². The van der Waals surface area contributed by atoms with Gasteiger partial charge in [-0.25, -0.2) is 4.39 Å². The second kappa shape index (κ2) is 8.84. The molecular formula is C17H29FN4O+2. The van der Waals surface area contributed by atoms with Gasteiger partial charge in [0.05, 0.1) is 32.9 Å². The number of hydrogen-bond acceptors (Lipinski definition) is 2. The van der Waals surface area contributed by atoms with Gasteiger partial charge in [0.1, 0.15) is 5.82 Å². The molecule has 0 unspecified atom stereocenters. The molecule has 1 aliphatic rings. The summed E-state index contributed by atoms with van der Waals surface area (Å²) in [5, 5.41) is 2.09. The molecule has 0 saturated carbocycles. The summed E-state index contributed by atoms with van der Waals surface area (Å²) in [4.78, 5) is 17.6. The smallest absolute Gasteiger partial charge is 0.277 e. The second-order valence-electron chi connectivity index (χ2n) is 6.41. The van der Waals surface area contributed by atoms with Crippen LogP contribution in [0.15, 0.2) is 24.3 Å². The molecule has 0 aromatic heterocycles. The number of carbonyl (C=O) groups excluding carboxylic acids is 1. The van der Waals surface area contributed by atoms with Gasteiger partial charge >= 0.3 is 0 Å². The Morgan fingerprint density at radius 2 is 1.91 bits per heavy atom. The lowest BCUT2D eigenvalue weighted by atomic mass is 10.2. The van der Waals surface area contributed by atoms with Crippen LogP contribution in [0, 0.1) is 5.82 Å². The number of anilines is 1. The Bertz CT molecular complexity index is 501. The van der Waals surface area contributed by atoms with E-state index >= 15 is 0 Å². The number of benzene rings is 1. The Kier molecular flexibility index (Phi) is 6.80. The predicted molar refractivity (Wildman–Crippen MR) is 89.1 cm³/mol. The lowest BCUT2D eigenvalue weighted by Crippen LogP contribution is -3.06. The molecule has 0 spiro atoms. The van der Waals surface area contributed by atoms with E-state index in [1.54, 1.807) is 12.1 Å². The van der Waals surface area contributed by atoms with E-state index in [2.05, 4.69) is 19.4 Å². The molecule has 1 fully saturated rings. The van der Waals surface area contributed by atoms with Crippen LogP contribution in [-0.4, -0.2) is 70.7 Å². The Balaban J connectivity index is 1.70. The van der Waals surface area contributed by atoms with Crippen molar-refractivity contribution in [2.24, 2.45) is 0 Å². The van der Waals surface area contributed by atoms with E-state index in [9.17, 15) is 9.18 Å². The monoisotopic (exact) mass is 324 g/mol. The minimum atomic E-state index is -0.191. The fourth-order valence-electron chi connectivity index (χ4n) is 2.86. The van der Waals surface area contributed by atoms with Crippen molar-refractivity contribution in [3.63, 3.8) is 0 Å². The molecular weight excluding hydrogens is 295 g/mol. The molecule has 1 aromatic carbocycles. The van der Waals surface area contributed by atoms with Crippen molar-refractivity contribution in [2.45, 2.75) is 6.42 Å². The number of amides is 1. The zero-order valence-electron chi connectivity index (χ0n) is 14.2. The van der Waals surface area contributed by atoms with E-state index in [0.29, 0.717) is 38.4 Å². The first kappa shape index (κ1) is 17.7. The fourth-order valence-corrected chi connectivity index (χ4v) is 2.86. The van der Waals surface area contributed by atoms with Crippen LogP contribution in [0.25, 0.3) is 0 Å². The second-order valence-corrected chi connectivity index (χ2v) is 6.41. The summed E-state index contributed by atoms with van der Waals surface area (Å²) in [6.07, 6.45) is 1.12. The van der Waals surface area contributed by atoms with Gasteiger partial charge in [0.2, 0.25) is 0 Å².